The molecule has 1 heterocycles. The molecule has 0 aliphatic heterocycles. The predicted molar refractivity (Wildman–Crippen MR) is 93.2 cm³/mol. The molecule has 0 amide bonds. The third kappa shape index (κ3) is 3.15. The molecule has 0 atom stereocenters. The van der Waals surface area contributed by atoms with Crippen LogP contribution in [0.2, 0.25) is 0 Å². The minimum Gasteiger partial charge on any atom is -0.490 e. The number of allylic oxidation sites excluding steroid dienone is 1. The lowest BCUT2D eigenvalue weighted by atomic mass is 10.2. The second kappa shape index (κ2) is 7.00. The molecule has 0 saturated heterocycles. The number of para-hydroxylation sites is 1. The van der Waals surface area contributed by atoms with Crippen molar-refractivity contribution in [2.24, 2.45) is 0 Å². The summed E-state index contributed by atoms with van der Waals surface area (Å²) >= 11 is 0. The van der Waals surface area contributed by atoms with Crippen molar-refractivity contribution in [1.29, 1.82) is 0 Å². The molecule has 0 fully saturated rings. The maximum Gasteiger partial charge on any atom is 0.340 e. The standard InChI is InChI=1S/C19H18N2O3/c1-3-4-12-24-14-10-8-13(9-11-14)18-20-16-7-5-6-15(17(16)21-18)19(22)23-2/h3-11H,12H2,1-2H3,(H,20,21)/b4-3+. The summed E-state index contributed by atoms with van der Waals surface area (Å²) in [4.78, 5) is 19.6. The Bertz CT molecular complexity index is 879. The van der Waals surface area contributed by atoms with Crippen molar-refractivity contribution in [2.75, 3.05) is 13.7 Å². The minimum absolute atomic E-state index is 0.397. The molecule has 5 nitrogen and oxygen atoms in total. The number of benzene rings is 2. The summed E-state index contributed by atoms with van der Waals surface area (Å²) < 4.78 is 10.4. The smallest absolute Gasteiger partial charge is 0.340 e. The highest BCUT2D eigenvalue weighted by molar-refractivity contribution is 6.02. The van der Waals surface area contributed by atoms with Crippen molar-refractivity contribution in [3.8, 4) is 17.1 Å². The maximum absolute atomic E-state index is 11.8. The zero-order valence-electron chi connectivity index (χ0n) is 13.6. The van der Waals surface area contributed by atoms with Crippen LogP contribution in [0.5, 0.6) is 5.75 Å². The van der Waals surface area contributed by atoms with Gasteiger partial charge in [0.05, 0.1) is 18.2 Å². The third-order valence-electron chi connectivity index (χ3n) is 3.63. The fraction of sp³-hybridized carbons (Fsp3) is 0.158. The van der Waals surface area contributed by atoms with Crippen molar-refractivity contribution in [3.05, 3.63) is 60.2 Å². The summed E-state index contributed by atoms with van der Waals surface area (Å²) in [6.45, 7) is 2.50. The van der Waals surface area contributed by atoms with Crippen LogP contribution < -0.4 is 4.74 Å². The van der Waals surface area contributed by atoms with Gasteiger partial charge in [0.25, 0.3) is 0 Å². The Morgan fingerprint density at radius 1 is 1.21 bits per heavy atom. The molecule has 2 aromatic carbocycles. The van der Waals surface area contributed by atoms with Gasteiger partial charge in [-0.3, -0.25) is 0 Å². The Morgan fingerprint density at radius 3 is 2.71 bits per heavy atom. The van der Waals surface area contributed by atoms with Gasteiger partial charge in [-0.05, 0) is 43.3 Å². The average Bonchev–Trinajstić information content (AvgIpc) is 3.06. The Morgan fingerprint density at radius 2 is 2.00 bits per heavy atom. The van der Waals surface area contributed by atoms with Gasteiger partial charge in [0.2, 0.25) is 0 Å². The Balaban J connectivity index is 1.91. The van der Waals surface area contributed by atoms with Crippen molar-refractivity contribution in [2.45, 2.75) is 6.92 Å². The number of aromatic nitrogens is 2. The number of nitrogens with one attached hydrogen (secondary N) is 1. The van der Waals surface area contributed by atoms with Gasteiger partial charge in [0, 0.05) is 5.56 Å². The van der Waals surface area contributed by atoms with E-state index in [0.29, 0.717) is 23.5 Å². The van der Waals surface area contributed by atoms with Gasteiger partial charge in [-0.1, -0.05) is 18.2 Å². The van der Waals surface area contributed by atoms with E-state index in [4.69, 9.17) is 9.47 Å². The van der Waals surface area contributed by atoms with E-state index in [-0.39, 0.29) is 0 Å². The molecule has 0 unspecified atom stereocenters. The van der Waals surface area contributed by atoms with Crippen LogP contribution in [-0.2, 0) is 4.74 Å². The van der Waals surface area contributed by atoms with E-state index in [1.807, 2.05) is 49.4 Å². The van der Waals surface area contributed by atoms with Crippen LogP contribution in [0.3, 0.4) is 0 Å². The quantitative estimate of drug-likeness (QED) is 0.570. The monoisotopic (exact) mass is 322 g/mol. The molecule has 5 heteroatoms. The molecule has 0 aliphatic rings. The number of ether oxygens (including phenoxy) is 2. The largest absolute Gasteiger partial charge is 0.490 e. The summed E-state index contributed by atoms with van der Waals surface area (Å²) in [6, 6.07) is 13.0. The number of carbonyl (C=O) groups is 1. The van der Waals surface area contributed by atoms with E-state index >= 15 is 0 Å². The molecule has 0 saturated carbocycles. The van der Waals surface area contributed by atoms with Gasteiger partial charge in [-0.15, -0.1) is 0 Å². The minimum atomic E-state index is -0.397. The SMILES string of the molecule is C/C=C/COc1ccc(-c2nc3c(C(=O)OC)cccc3[nH]2)cc1. The molecule has 1 N–H and O–H groups in total. The third-order valence-corrected chi connectivity index (χ3v) is 3.63. The average molecular weight is 322 g/mol. The molecule has 24 heavy (non-hydrogen) atoms. The summed E-state index contributed by atoms with van der Waals surface area (Å²) in [5.41, 5.74) is 2.76. The highest BCUT2D eigenvalue weighted by atomic mass is 16.5. The summed E-state index contributed by atoms with van der Waals surface area (Å²) in [7, 11) is 1.36. The second-order valence-electron chi connectivity index (χ2n) is 5.18. The summed E-state index contributed by atoms with van der Waals surface area (Å²) in [5, 5.41) is 0. The van der Waals surface area contributed by atoms with E-state index in [0.717, 1.165) is 16.8 Å². The Kier molecular flexibility index (Phi) is 4.61. The van der Waals surface area contributed by atoms with Gasteiger partial charge in [0.1, 0.15) is 23.7 Å². The first kappa shape index (κ1) is 15.8. The lowest BCUT2D eigenvalue weighted by Crippen LogP contribution is -2.01. The lowest BCUT2D eigenvalue weighted by molar-refractivity contribution is 0.0603. The molecule has 1 aromatic heterocycles. The predicted octanol–water partition coefficient (Wildman–Crippen LogP) is 3.97. The maximum atomic E-state index is 11.8. The molecular formula is C19H18N2O3. The molecule has 3 aromatic rings. The number of hydrogen-bond donors (Lipinski definition) is 1. The van der Waals surface area contributed by atoms with Crippen LogP contribution in [0, 0.1) is 0 Å². The summed E-state index contributed by atoms with van der Waals surface area (Å²) in [6.07, 6.45) is 3.89. The van der Waals surface area contributed by atoms with E-state index in [9.17, 15) is 4.79 Å². The number of methoxy groups -OCH3 is 1. The highest BCUT2D eigenvalue weighted by Gasteiger charge is 2.14. The van der Waals surface area contributed by atoms with Gasteiger partial charge >= 0.3 is 5.97 Å². The molecule has 122 valence electrons. The molecular weight excluding hydrogens is 304 g/mol. The van der Waals surface area contributed by atoms with E-state index in [2.05, 4.69) is 9.97 Å². The number of rotatable bonds is 5. The fourth-order valence-electron chi connectivity index (χ4n) is 2.39. The number of hydrogen-bond acceptors (Lipinski definition) is 4. The Hall–Kier alpha value is -3.08. The number of fused-ring (bicyclic) bond motifs is 1. The van der Waals surface area contributed by atoms with E-state index < -0.39 is 5.97 Å². The van der Waals surface area contributed by atoms with Gasteiger partial charge in [0.15, 0.2) is 0 Å². The number of aromatic amines is 1. The van der Waals surface area contributed by atoms with Gasteiger partial charge in [-0.25, -0.2) is 9.78 Å². The first-order valence-electron chi connectivity index (χ1n) is 7.64. The highest BCUT2D eigenvalue weighted by Crippen LogP contribution is 2.25. The van der Waals surface area contributed by atoms with Crippen molar-refractivity contribution >= 4 is 17.0 Å². The normalized spacial score (nSPS) is 11.1. The fourth-order valence-corrected chi connectivity index (χ4v) is 2.39. The number of esters is 1. The van der Waals surface area contributed by atoms with Gasteiger partial charge in [-0.2, -0.15) is 0 Å². The van der Waals surface area contributed by atoms with Crippen LogP contribution in [0.1, 0.15) is 17.3 Å². The lowest BCUT2D eigenvalue weighted by Gasteiger charge is -2.03. The second-order valence-corrected chi connectivity index (χ2v) is 5.18. The summed E-state index contributed by atoms with van der Waals surface area (Å²) in [5.74, 6) is 1.09. The molecule has 3 rings (SSSR count). The zero-order valence-corrected chi connectivity index (χ0v) is 13.6. The van der Waals surface area contributed by atoms with Crippen LogP contribution in [0.15, 0.2) is 54.6 Å². The first-order valence-corrected chi connectivity index (χ1v) is 7.64. The van der Waals surface area contributed by atoms with E-state index in [1.54, 1.807) is 12.1 Å². The van der Waals surface area contributed by atoms with Crippen LogP contribution in [0.25, 0.3) is 22.4 Å². The van der Waals surface area contributed by atoms with Gasteiger partial charge < -0.3 is 14.5 Å². The van der Waals surface area contributed by atoms with Crippen molar-refractivity contribution < 1.29 is 14.3 Å². The Labute approximate surface area is 139 Å². The topological polar surface area (TPSA) is 64.2 Å². The van der Waals surface area contributed by atoms with Crippen molar-refractivity contribution in [1.82, 2.24) is 9.97 Å². The molecule has 0 radical (unpaired) electrons. The zero-order chi connectivity index (χ0) is 16.9. The van der Waals surface area contributed by atoms with Crippen molar-refractivity contribution in [3.63, 3.8) is 0 Å². The number of carbonyl (C=O) groups excluding carboxylic acids is 1. The first-order chi connectivity index (χ1) is 11.7. The van der Waals surface area contributed by atoms with Crippen LogP contribution in [-0.4, -0.2) is 29.7 Å². The van der Waals surface area contributed by atoms with Crippen LogP contribution in [0.4, 0.5) is 0 Å². The molecule has 0 aliphatic carbocycles. The number of imidazole rings is 1. The van der Waals surface area contributed by atoms with Crippen LogP contribution >= 0.6 is 0 Å². The number of H-pyrrole nitrogens is 1. The number of nitrogens with zero attached hydrogens (tertiary/aromatic N) is 1. The molecule has 0 bridgehead atoms. The van der Waals surface area contributed by atoms with E-state index in [1.165, 1.54) is 7.11 Å². The molecule has 0 spiro atoms.